The highest BCUT2D eigenvalue weighted by atomic mass is 16.5. The van der Waals surface area contributed by atoms with Gasteiger partial charge in [-0.15, -0.1) is 0 Å². The van der Waals surface area contributed by atoms with Crippen molar-refractivity contribution in [2.75, 3.05) is 13.2 Å². The van der Waals surface area contributed by atoms with E-state index in [2.05, 4.69) is 33.0 Å². The standard InChI is InChI=1S/C14H29NO2/c1-13(2,3)17-10-6-5-9-14(4,11-16)15-12-7-8-12/h12,15-16H,5-11H2,1-4H3. The van der Waals surface area contributed by atoms with E-state index in [4.69, 9.17) is 4.74 Å². The monoisotopic (exact) mass is 243 g/mol. The molecule has 3 heteroatoms. The van der Waals surface area contributed by atoms with Gasteiger partial charge in [-0.25, -0.2) is 0 Å². The topological polar surface area (TPSA) is 41.5 Å². The smallest absolute Gasteiger partial charge is 0.0610 e. The molecule has 1 fully saturated rings. The molecule has 1 saturated carbocycles. The molecule has 1 unspecified atom stereocenters. The highest BCUT2D eigenvalue weighted by molar-refractivity contribution is 4.92. The maximum absolute atomic E-state index is 9.45. The van der Waals surface area contributed by atoms with Crippen molar-refractivity contribution in [1.82, 2.24) is 5.32 Å². The van der Waals surface area contributed by atoms with Crippen molar-refractivity contribution >= 4 is 0 Å². The lowest BCUT2D eigenvalue weighted by atomic mass is 9.95. The Balaban J connectivity index is 2.10. The fraction of sp³-hybridized carbons (Fsp3) is 1.00. The molecule has 2 N–H and O–H groups in total. The number of rotatable bonds is 8. The van der Waals surface area contributed by atoms with Gasteiger partial charge in [0.15, 0.2) is 0 Å². The van der Waals surface area contributed by atoms with Crippen LogP contribution >= 0.6 is 0 Å². The van der Waals surface area contributed by atoms with Gasteiger partial charge in [0, 0.05) is 18.2 Å². The molecule has 0 bridgehead atoms. The van der Waals surface area contributed by atoms with Gasteiger partial charge >= 0.3 is 0 Å². The van der Waals surface area contributed by atoms with Crippen molar-refractivity contribution in [1.29, 1.82) is 0 Å². The Hall–Kier alpha value is -0.120. The van der Waals surface area contributed by atoms with Crippen LogP contribution in [-0.2, 0) is 4.74 Å². The summed E-state index contributed by atoms with van der Waals surface area (Å²) in [7, 11) is 0. The predicted octanol–water partition coefficient (Wildman–Crippen LogP) is 2.47. The summed E-state index contributed by atoms with van der Waals surface area (Å²) in [6, 6.07) is 0.651. The maximum Gasteiger partial charge on any atom is 0.0610 e. The van der Waals surface area contributed by atoms with Gasteiger partial charge in [0.1, 0.15) is 0 Å². The fourth-order valence-corrected chi connectivity index (χ4v) is 1.91. The summed E-state index contributed by atoms with van der Waals surface area (Å²) in [6.45, 7) is 9.41. The van der Waals surface area contributed by atoms with Crippen LogP contribution in [-0.4, -0.2) is 35.5 Å². The second-order valence-corrected chi connectivity index (χ2v) is 6.56. The molecule has 0 aromatic rings. The third-order valence-electron chi connectivity index (χ3n) is 3.14. The lowest BCUT2D eigenvalue weighted by molar-refractivity contribution is -0.00558. The average molecular weight is 243 g/mol. The van der Waals surface area contributed by atoms with E-state index in [1.807, 2.05) is 0 Å². The van der Waals surface area contributed by atoms with E-state index in [0.29, 0.717) is 6.04 Å². The second kappa shape index (κ2) is 6.17. The lowest BCUT2D eigenvalue weighted by Crippen LogP contribution is -2.46. The molecule has 0 spiro atoms. The summed E-state index contributed by atoms with van der Waals surface area (Å²) < 4.78 is 5.69. The van der Waals surface area contributed by atoms with Crippen LogP contribution in [0.4, 0.5) is 0 Å². The summed E-state index contributed by atoms with van der Waals surface area (Å²) in [5.74, 6) is 0. The summed E-state index contributed by atoms with van der Waals surface area (Å²) in [5.41, 5.74) is -0.130. The van der Waals surface area contributed by atoms with Crippen molar-refractivity contribution in [2.45, 2.75) is 77.0 Å². The van der Waals surface area contributed by atoms with Gasteiger partial charge < -0.3 is 15.2 Å². The first-order chi connectivity index (χ1) is 7.85. The molecule has 0 heterocycles. The minimum atomic E-state index is -0.0943. The SMILES string of the molecule is CC(CO)(CCCCOC(C)(C)C)NC1CC1. The number of hydrogen-bond donors (Lipinski definition) is 2. The van der Waals surface area contributed by atoms with Crippen LogP contribution in [0.3, 0.4) is 0 Å². The Morgan fingerprint density at radius 1 is 1.18 bits per heavy atom. The minimum Gasteiger partial charge on any atom is -0.394 e. The molecule has 3 nitrogen and oxygen atoms in total. The maximum atomic E-state index is 9.45. The van der Waals surface area contributed by atoms with E-state index >= 15 is 0 Å². The van der Waals surface area contributed by atoms with Gasteiger partial charge in [0.25, 0.3) is 0 Å². The van der Waals surface area contributed by atoms with Crippen molar-refractivity contribution in [3.8, 4) is 0 Å². The molecule has 0 radical (unpaired) electrons. The number of nitrogens with one attached hydrogen (secondary N) is 1. The average Bonchev–Trinajstić information content (AvgIpc) is 2.99. The molecule has 1 atom stereocenters. The van der Waals surface area contributed by atoms with E-state index in [-0.39, 0.29) is 17.7 Å². The largest absolute Gasteiger partial charge is 0.394 e. The molecule has 1 rings (SSSR count). The quantitative estimate of drug-likeness (QED) is 0.644. The number of ether oxygens (including phenoxy) is 1. The van der Waals surface area contributed by atoms with Crippen molar-refractivity contribution in [3.05, 3.63) is 0 Å². The van der Waals surface area contributed by atoms with E-state index in [0.717, 1.165) is 25.9 Å². The zero-order valence-corrected chi connectivity index (χ0v) is 11.9. The van der Waals surface area contributed by atoms with E-state index in [1.54, 1.807) is 0 Å². The summed E-state index contributed by atoms with van der Waals surface area (Å²) >= 11 is 0. The second-order valence-electron chi connectivity index (χ2n) is 6.56. The highest BCUT2D eigenvalue weighted by Crippen LogP contribution is 2.25. The summed E-state index contributed by atoms with van der Waals surface area (Å²) in [6.07, 6.45) is 5.73. The molecule has 17 heavy (non-hydrogen) atoms. The number of unbranched alkanes of at least 4 members (excludes halogenated alkanes) is 1. The molecular weight excluding hydrogens is 214 g/mol. The van der Waals surface area contributed by atoms with Crippen LogP contribution < -0.4 is 5.32 Å². The molecule has 1 aliphatic carbocycles. The van der Waals surface area contributed by atoms with Crippen molar-refractivity contribution < 1.29 is 9.84 Å². The van der Waals surface area contributed by atoms with E-state index in [1.165, 1.54) is 12.8 Å². The highest BCUT2D eigenvalue weighted by Gasteiger charge is 2.31. The van der Waals surface area contributed by atoms with Crippen LogP contribution in [0, 0.1) is 0 Å². The Bertz CT molecular complexity index is 221. The Morgan fingerprint density at radius 3 is 2.29 bits per heavy atom. The van der Waals surface area contributed by atoms with Crippen molar-refractivity contribution in [2.24, 2.45) is 0 Å². The minimum absolute atomic E-state index is 0.0352. The van der Waals surface area contributed by atoms with Crippen molar-refractivity contribution in [3.63, 3.8) is 0 Å². The first kappa shape index (κ1) is 14.9. The molecule has 0 amide bonds. The van der Waals surface area contributed by atoms with E-state index in [9.17, 15) is 5.11 Å². The third kappa shape index (κ3) is 7.02. The summed E-state index contributed by atoms with van der Waals surface area (Å²) in [5, 5.41) is 13.0. The zero-order valence-electron chi connectivity index (χ0n) is 11.9. The lowest BCUT2D eigenvalue weighted by Gasteiger charge is -2.29. The van der Waals surface area contributed by atoms with Crippen LogP contribution in [0.2, 0.25) is 0 Å². The summed E-state index contributed by atoms with van der Waals surface area (Å²) in [4.78, 5) is 0. The zero-order chi connectivity index (χ0) is 12.9. The first-order valence-electron chi connectivity index (χ1n) is 6.87. The fourth-order valence-electron chi connectivity index (χ4n) is 1.91. The van der Waals surface area contributed by atoms with Gasteiger partial charge in [0.2, 0.25) is 0 Å². The predicted molar refractivity (Wildman–Crippen MR) is 71.2 cm³/mol. The number of aliphatic hydroxyl groups is 1. The number of aliphatic hydroxyl groups excluding tert-OH is 1. The van der Waals surface area contributed by atoms with Gasteiger partial charge in [-0.2, -0.15) is 0 Å². The van der Waals surface area contributed by atoms with Crippen LogP contribution in [0.15, 0.2) is 0 Å². The van der Waals surface area contributed by atoms with Crippen LogP contribution in [0.1, 0.15) is 59.8 Å². The van der Waals surface area contributed by atoms with Gasteiger partial charge in [-0.1, -0.05) is 0 Å². The van der Waals surface area contributed by atoms with Gasteiger partial charge in [0.05, 0.1) is 12.2 Å². The number of hydrogen-bond acceptors (Lipinski definition) is 3. The Kier molecular flexibility index (Phi) is 5.42. The van der Waals surface area contributed by atoms with E-state index < -0.39 is 0 Å². The molecule has 0 aromatic carbocycles. The Labute approximate surface area is 106 Å². The molecular formula is C14H29NO2. The third-order valence-corrected chi connectivity index (χ3v) is 3.14. The van der Waals surface area contributed by atoms with Crippen LogP contribution in [0.25, 0.3) is 0 Å². The molecule has 0 saturated heterocycles. The molecule has 1 aliphatic rings. The molecule has 102 valence electrons. The molecule has 0 aliphatic heterocycles. The normalized spacial score (nSPS) is 20.3. The van der Waals surface area contributed by atoms with Gasteiger partial charge in [-0.05, 0) is 59.8 Å². The van der Waals surface area contributed by atoms with Gasteiger partial charge in [-0.3, -0.25) is 0 Å². The Morgan fingerprint density at radius 2 is 1.82 bits per heavy atom. The van der Waals surface area contributed by atoms with Crippen LogP contribution in [0.5, 0.6) is 0 Å². The first-order valence-corrected chi connectivity index (χ1v) is 6.87. The molecule has 0 aromatic heterocycles.